The first-order valence-electron chi connectivity index (χ1n) is 4.44. The van der Waals surface area contributed by atoms with Crippen LogP contribution < -0.4 is 0 Å². The minimum Gasteiger partial charge on any atom is -0.204 e. The fourth-order valence-corrected chi connectivity index (χ4v) is 1.43. The maximum absolute atomic E-state index is 7.06. The smallest absolute Gasteiger partial charge is 0.0928 e. The molecule has 0 radical (unpaired) electrons. The number of benzene rings is 2. The number of hydrogen-bond acceptors (Lipinski definition) is 2. The number of hydrogen-bond donors (Lipinski definition) is 1. The molecule has 0 saturated heterocycles. The molecular weight excluding hydrogens is 172 g/mol. The molecule has 68 valence electrons. The minimum absolute atomic E-state index is 0.707. The molecule has 0 atom stereocenters. The Morgan fingerprint density at radius 2 is 1.43 bits per heavy atom. The standard InChI is InChI=1S/C12H10N2/c13-14-12-9-5-4-8-11(12)10-6-2-1-3-7-10/h1-9,13H. The molecule has 0 fully saturated rings. The average molecular weight is 182 g/mol. The van der Waals surface area contributed by atoms with Crippen molar-refractivity contribution in [1.82, 2.24) is 0 Å². The summed E-state index contributed by atoms with van der Waals surface area (Å²) in [5, 5.41) is 3.50. The molecule has 0 spiro atoms. The Balaban J connectivity index is 2.57. The molecule has 2 rings (SSSR count). The van der Waals surface area contributed by atoms with Crippen LogP contribution in [0.15, 0.2) is 59.7 Å². The largest absolute Gasteiger partial charge is 0.204 e. The summed E-state index contributed by atoms with van der Waals surface area (Å²) in [6, 6.07) is 17.6. The lowest BCUT2D eigenvalue weighted by molar-refractivity contribution is 1.15. The van der Waals surface area contributed by atoms with Crippen molar-refractivity contribution < 1.29 is 0 Å². The molecule has 0 aromatic heterocycles. The van der Waals surface area contributed by atoms with Gasteiger partial charge in [-0.3, -0.25) is 0 Å². The van der Waals surface area contributed by atoms with Crippen molar-refractivity contribution in [3.8, 4) is 11.1 Å². The maximum Gasteiger partial charge on any atom is 0.0928 e. The fourth-order valence-electron chi connectivity index (χ4n) is 1.43. The Bertz CT molecular complexity index is 435. The highest BCUT2D eigenvalue weighted by Crippen LogP contribution is 2.29. The number of rotatable bonds is 2. The van der Waals surface area contributed by atoms with E-state index in [0.717, 1.165) is 11.1 Å². The van der Waals surface area contributed by atoms with Gasteiger partial charge in [-0.15, -0.1) is 0 Å². The molecule has 14 heavy (non-hydrogen) atoms. The van der Waals surface area contributed by atoms with Crippen LogP contribution in [0.2, 0.25) is 0 Å². The van der Waals surface area contributed by atoms with Gasteiger partial charge in [-0.2, -0.15) is 5.11 Å². The Morgan fingerprint density at radius 1 is 0.786 bits per heavy atom. The molecule has 1 N–H and O–H groups in total. The molecule has 2 heteroatoms. The van der Waals surface area contributed by atoms with Gasteiger partial charge in [0.1, 0.15) is 0 Å². The van der Waals surface area contributed by atoms with Crippen LogP contribution >= 0.6 is 0 Å². The van der Waals surface area contributed by atoms with Crippen molar-refractivity contribution in [1.29, 1.82) is 5.53 Å². The predicted molar refractivity (Wildman–Crippen MR) is 56.7 cm³/mol. The second kappa shape index (κ2) is 3.83. The summed E-state index contributed by atoms with van der Waals surface area (Å²) in [6.45, 7) is 0. The summed E-state index contributed by atoms with van der Waals surface area (Å²) in [4.78, 5) is 0. The summed E-state index contributed by atoms with van der Waals surface area (Å²) >= 11 is 0. The highest BCUT2D eigenvalue weighted by Gasteiger charge is 2.01. The van der Waals surface area contributed by atoms with Crippen molar-refractivity contribution >= 4 is 5.69 Å². The van der Waals surface area contributed by atoms with E-state index in [1.807, 2.05) is 54.6 Å². The highest BCUT2D eigenvalue weighted by molar-refractivity contribution is 5.75. The van der Waals surface area contributed by atoms with E-state index in [9.17, 15) is 0 Å². The zero-order valence-corrected chi connectivity index (χ0v) is 7.64. The molecule has 2 aromatic rings. The monoisotopic (exact) mass is 182 g/mol. The molecule has 0 aliphatic carbocycles. The minimum atomic E-state index is 0.707. The van der Waals surface area contributed by atoms with Crippen LogP contribution in [0.1, 0.15) is 0 Å². The first-order valence-corrected chi connectivity index (χ1v) is 4.44. The first kappa shape index (κ1) is 8.63. The van der Waals surface area contributed by atoms with Crippen molar-refractivity contribution in [2.24, 2.45) is 5.11 Å². The Labute approximate surface area is 82.7 Å². The molecule has 0 amide bonds. The van der Waals surface area contributed by atoms with E-state index >= 15 is 0 Å². The SMILES string of the molecule is N=Nc1ccccc1-c1ccccc1. The summed E-state index contributed by atoms with van der Waals surface area (Å²) in [5.74, 6) is 0. The zero-order chi connectivity index (χ0) is 9.80. The second-order valence-electron chi connectivity index (χ2n) is 2.99. The predicted octanol–water partition coefficient (Wildman–Crippen LogP) is 4.02. The van der Waals surface area contributed by atoms with Gasteiger partial charge >= 0.3 is 0 Å². The molecule has 2 aromatic carbocycles. The second-order valence-corrected chi connectivity index (χ2v) is 2.99. The van der Waals surface area contributed by atoms with Crippen LogP contribution in [0.3, 0.4) is 0 Å². The maximum atomic E-state index is 7.06. The van der Waals surface area contributed by atoms with Crippen LogP contribution in [-0.2, 0) is 0 Å². The molecule has 2 nitrogen and oxygen atoms in total. The quantitative estimate of drug-likeness (QED) is 0.681. The fraction of sp³-hybridized carbons (Fsp3) is 0. The molecule has 0 bridgehead atoms. The third-order valence-electron chi connectivity index (χ3n) is 2.11. The van der Waals surface area contributed by atoms with Gasteiger partial charge in [0.25, 0.3) is 0 Å². The summed E-state index contributed by atoms with van der Waals surface area (Å²) in [7, 11) is 0. The van der Waals surface area contributed by atoms with Crippen LogP contribution in [0, 0.1) is 5.53 Å². The van der Waals surface area contributed by atoms with E-state index in [4.69, 9.17) is 5.53 Å². The van der Waals surface area contributed by atoms with Crippen LogP contribution in [0.25, 0.3) is 11.1 Å². The van der Waals surface area contributed by atoms with Gasteiger partial charge in [0.2, 0.25) is 0 Å². The van der Waals surface area contributed by atoms with Crippen LogP contribution in [-0.4, -0.2) is 0 Å². The van der Waals surface area contributed by atoms with E-state index in [1.165, 1.54) is 0 Å². The third kappa shape index (κ3) is 1.55. The van der Waals surface area contributed by atoms with Gasteiger partial charge < -0.3 is 0 Å². The van der Waals surface area contributed by atoms with E-state index in [1.54, 1.807) is 0 Å². The molecule has 0 heterocycles. The summed E-state index contributed by atoms with van der Waals surface area (Å²) in [5.41, 5.74) is 9.87. The van der Waals surface area contributed by atoms with Crippen LogP contribution in [0.4, 0.5) is 5.69 Å². The van der Waals surface area contributed by atoms with E-state index in [2.05, 4.69) is 5.11 Å². The average Bonchev–Trinajstić information content (AvgIpc) is 2.30. The molecule has 0 aliphatic heterocycles. The van der Waals surface area contributed by atoms with Crippen molar-refractivity contribution in [2.45, 2.75) is 0 Å². The number of nitrogens with zero attached hydrogens (tertiary/aromatic N) is 1. The van der Waals surface area contributed by atoms with E-state index < -0.39 is 0 Å². The van der Waals surface area contributed by atoms with E-state index in [0.29, 0.717) is 5.69 Å². The van der Waals surface area contributed by atoms with E-state index in [-0.39, 0.29) is 0 Å². The van der Waals surface area contributed by atoms with Gasteiger partial charge in [0, 0.05) is 5.56 Å². The number of para-hydroxylation sites is 1. The molecule has 0 saturated carbocycles. The Morgan fingerprint density at radius 3 is 2.14 bits per heavy atom. The highest BCUT2D eigenvalue weighted by atomic mass is 15.0. The molecular formula is C12H10N2. The lowest BCUT2D eigenvalue weighted by atomic mass is 10.0. The van der Waals surface area contributed by atoms with Gasteiger partial charge in [0.15, 0.2) is 0 Å². The lowest BCUT2D eigenvalue weighted by Gasteiger charge is -2.03. The van der Waals surface area contributed by atoms with Crippen LogP contribution in [0.5, 0.6) is 0 Å². The summed E-state index contributed by atoms with van der Waals surface area (Å²) in [6.07, 6.45) is 0. The summed E-state index contributed by atoms with van der Waals surface area (Å²) < 4.78 is 0. The molecule has 0 aliphatic rings. The van der Waals surface area contributed by atoms with Crippen molar-refractivity contribution in [2.75, 3.05) is 0 Å². The zero-order valence-electron chi connectivity index (χ0n) is 7.64. The van der Waals surface area contributed by atoms with Gasteiger partial charge in [-0.1, -0.05) is 48.5 Å². The topological polar surface area (TPSA) is 36.2 Å². The third-order valence-corrected chi connectivity index (χ3v) is 2.11. The first-order chi connectivity index (χ1) is 6.92. The molecule has 0 unspecified atom stereocenters. The Hall–Kier alpha value is -1.96. The van der Waals surface area contributed by atoms with Crippen molar-refractivity contribution in [3.63, 3.8) is 0 Å². The Kier molecular flexibility index (Phi) is 2.36. The van der Waals surface area contributed by atoms with Crippen molar-refractivity contribution in [3.05, 3.63) is 54.6 Å². The number of nitrogens with one attached hydrogen (secondary N) is 1. The van der Waals surface area contributed by atoms with Gasteiger partial charge in [0.05, 0.1) is 5.69 Å². The normalized spacial score (nSPS) is 9.71. The van der Waals surface area contributed by atoms with Gasteiger partial charge in [-0.25, -0.2) is 5.53 Å². The lowest BCUT2D eigenvalue weighted by Crippen LogP contribution is -1.76. The van der Waals surface area contributed by atoms with Gasteiger partial charge in [-0.05, 0) is 11.6 Å².